The van der Waals surface area contributed by atoms with E-state index in [4.69, 9.17) is 0 Å². The Hall–Kier alpha value is -2.24. The summed E-state index contributed by atoms with van der Waals surface area (Å²) in [6.45, 7) is 7.71. The molecule has 108 valence electrons. The van der Waals surface area contributed by atoms with Crippen molar-refractivity contribution in [3.05, 3.63) is 52.1 Å². The summed E-state index contributed by atoms with van der Waals surface area (Å²) in [7, 11) is 0. The van der Waals surface area contributed by atoms with Gasteiger partial charge in [0.25, 0.3) is 0 Å². The zero-order chi connectivity index (χ0) is 15.1. The van der Waals surface area contributed by atoms with Crippen molar-refractivity contribution in [2.24, 2.45) is 5.10 Å². The molecule has 1 aliphatic rings. The lowest BCUT2D eigenvalue weighted by atomic mass is 9.97. The molecule has 1 aromatic carbocycles. The number of aromatic amines is 1. The second-order valence-corrected chi connectivity index (χ2v) is 5.39. The van der Waals surface area contributed by atoms with Gasteiger partial charge in [0.2, 0.25) is 0 Å². The van der Waals surface area contributed by atoms with E-state index in [9.17, 15) is 5.21 Å². The monoisotopic (exact) mass is 282 g/mol. The Morgan fingerprint density at radius 1 is 1.00 bits per heavy atom. The van der Waals surface area contributed by atoms with Crippen molar-refractivity contribution in [2.45, 2.75) is 27.7 Å². The fraction of sp³-hybridized carbons (Fsp3) is 0.250. The zero-order valence-corrected chi connectivity index (χ0v) is 12.6. The van der Waals surface area contributed by atoms with Crippen LogP contribution in [0.25, 0.3) is 16.7 Å². The van der Waals surface area contributed by atoms with Crippen LogP contribution < -0.4 is 5.17 Å². The van der Waals surface area contributed by atoms with Crippen LogP contribution in [0.1, 0.15) is 30.8 Å². The third-order valence-electron chi connectivity index (χ3n) is 3.92. The number of allylic oxidation sites excluding steroid dienone is 2. The molecule has 0 fully saturated rings. The van der Waals surface area contributed by atoms with Crippen LogP contribution in [0.3, 0.4) is 0 Å². The topological polar surface area (TPSA) is 68.5 Å². The lowest BCUT2D eigenvalue weighted by Crippen LogP contribution is -2.98. The molecule has 0 bridgehead atoms. The molecule has 2 aromatic rings. The molecule has 5 nitrogen and oxygen atoms in total. The molecule has 0 amide bonds. The molecule has 0 radical (unpaired) electrons. The predicted octanol–water partition coefficient (Wildman–Crippen LogP) is 2.20. The minimum absolute atomic E-state index is 0.131. The number of aryl methyl sites for hydroxylation is 2. The quantitative estimate of drug-likeness (QED) is 0.829. The lowest BCUT2D eigenvalue weighted by Gasteiger charge is -2.10. The number of hydroxylamine groups is 1. The number of benzene rings is 1. The maximum atomic E-state index is 11.7. The van der Waals surface area contributed by atoms with Gasteiger partial charge in [-0.1, -0.05) is 29.4 Å². The molecular weight excluding hydrogens is 264 g/mol. The van der Waals surface area contributed by atoms with E-state index in [1.807, 2.05) is 39.8 Å². The van der Waals surface area contributed by atoms with Gasteiger partial charge in [0.05, 0.1) is 11.3 Å². The zero-order valence-electron chi connectivity index (χ0n) is 12.6. The second kappa shape index (κ2) is 4.95. The molecule has 21 heavy (non-hydrogen) atoms. The van der Waals surface area contributed by atoms with E-state index in [0.29, 0.717) is 0 Å². The van der Waals surface area contributed by atoms with E-state index in [1.54, 1.807) is 0 Å². The van der Waals surface area contributed by atoms with Gasteiger partial charge in [-0.25, -0.2) is 5.17 Å². The summed E-state index contributed by atoms with van der Waals surface area (Å²) in [4.78, 5) is 0. The van der Waals surface area contributed by atoms with Gasteiger partial charge in [-0.05, 0) is 31.9 Å². The van der Waals surface area contributed by atoms with Crippen LogP contribution in [-0.2, 0) is 0 Å². The van der Waals surface area contributed by atoms with Crippen molar-refractivity contribution in [3.63, 3.8) is 0 Å². The summed E-state index contributed by atoms with van der Waals surface area (Å²) in [5.74, 6) is 0. The Bertz CT molecular complexity index is 734. The molecule has 0 saturated heterocycles. The van der Waals surface area contributed by atoms with Crippen LogP contribution >= 0.6 is 0 Å². The number of H-pyrrole nitrogens is 1. The average Bonchev–Trinajstić information content (AvgIpc) is 2.91. The number of quaternary nitrogens is 1. The molecule has 1 aromatic heterocycles. The van der Waals surface area contributed by atoms with Crippen molar-refractivity contribution in [1.29, 1.82) is 0 Å². The normalized spacial score (nSPS) is 18.3. The van der Waals surface area contributed by atoms with Gasteiger partial charge in [-0.2, -0.15) is 5.10 Å². The van der Waals surface area contributed by atoms with Gasteiger partial charge in [0, 0.05) is 18.2 Å². The Morgan fingerprint density at radius 3 is 2.10 bits per heavy atom. The Kier molecular flexibility index (Phi) is 3.23. The van der Waals surface area contributed by atoms with Crippen molar-refractivity contribution >= 4 is 11.3 Å². The molecule has 0 spiro atoms. The highest BCUT2D eigenvalue weighted by molar-refractivity contribution is 6.23. The highest BCUT2D eigenvalue weighted by Crippen LogP contribution is 2.28. The number of hydrogen-bond donors (Lipinski definition) is 2. The summed E-state index contributed by atoms with van der Waals surface area (Å²) < 4.78 is 0. The molecule has 0 aliphatic carbocycles. The fourth-order valence-corrected chi connectivity index (χ4v) is 2.88. The van der Waals surface area contributed by atoms with E-state index in [2.05, 4.69) is 27.4 Å². The van der Waals surface area contributed by atoms with Crippen LogP contribution in [0.5, 0.6) is 0 Å². The standard InChI is InChI=1S/C16H18N4O/c1-9-15(10(2)18-17-9)13-5-7-14(8-6-13)16-11(3)19-20(21)12(16)4/h5-8,20H,1-4H3,(H,17,18). The molecule has 3 rings (SSSR count). The number of nitrogens with one attached hydrogen (secondary N) is 2. The lowest BCUT2D eigenvalue weighted by molar-refractivity contribution is -0.809. The number of nitrogens with zero attached hydrogens (tertiary/aromatic N) is 2. The first kappa shape index (κ1) is 13.7. The van der Waals surface area contributed by atoms with Crippen LogP contribution in [0, 0.1) is 19.1 Å². The van der Waals surface area contributed by atoms with Crippen LogP contribution in [0.4, 0.5) is 0 Å². The number of hydrogen-bond acceptors (Lipinski definition) is 3. The van der Waals surface area contributed by atoms with Crippen LogP contribution in [0.2, 0.25) is 0 Å². The Labute approximate surface area is 123 Å². The average molecular weight is 282 g/mol. The van der Waals surface area contributed by atoms with E-state index in [0.717, 1.165) is 45.1 Å². The minimum atomic E-state index is -0.131. The first-order chi connectivity index (χ1) is 9.99. The Morgan fingerprint density at radius 2 is 1.62 bits per heavy atom. The summed E-state index contributed by atoms with van der Waals surface area (Å²) in [5.41, 5.74) is 7.81. The van der Waals surface area contributed by atoms with Gasteiger partial charge in [0.15, 0.2) is 0 Å². The molecular formula is C16H18N4O. The first-order valence-corrected chi connectivity index (χ1v) is 6.92. The van der Waals surface area contributed by atoms with Gasteiger partial charge >= 0.3 is 0 Å². The fourth-order valence-electron chi connectivity index (χ4n) is 2.88. The predicted molar refractivity (Wildman–Crippen MR) is 83.5 cm³/mol. The molecule has 1 atom stereocenters. The van der Waals surface area contributed by atoms with Crippen molar-refractivity contribution in [2.75, 3.05) is 0 Å². The second-order valence-electron chi connectivity index (χ2n) is 5.39. The van der Waals surface area contributed by atoms with Gasteiger partial charge < -0.3 is 5.21 Å². The molecule has 2 N–H and O–H groups in total. The van der Waals surface area contributed by atoms with Crippen molar-refractivity contribution < 1.29 is 5.17 Å². The summed E-state index contributed by atoms with van der Waals surface area (Å²) in [5, 5.41) is 22.8. The van der Waals surface area contributed by atoms with Crippen molar-refractivity contribution in [3.8, 4) is 11.1 Å². The third-order valence-corrected chi connectivity index (χ3v) is 3.92. The van der Waals surface area contributed by atoms with E-state index in [-0.39, 0.29) is 5.17 Å². The highest BCUT2D eigenvalue weighted by Gasteiger charge is 2.22. The first-order valence-electron chi connectivity index (χ1n) is 6.92. The smallest absolute Gasteiger partial charge is 0.140 e. The Balaban J connectivity index is 2.02. The largest absolute Gasteiger partial charge is 0.601 e. The SMILES string of the molecule is CC1=N[NH+]([O-])C(C)=C1c1ccc(-c2c(C)n[nH]c2C)cc1. The molecule has 1 unspecified atom stereocenters. The minimum Gasteiger partial charge on any atom is -0.601 e. The van der Waals surface area contributed by atoms with Crippen LogP contribution in [0.15, 0.2) is 35.1 Å². The summed E-state index contributed by atoms with van der Waals surface area (Å²) >= 11 is 0. The molecule has 5 heteroatoms. The number of rotatable bonds is 2. The van der Waals surface area contributed by atoms with E-state index >= 15 is 0 Å². The summed E-state index contributed by atoms with van der Waals surface area (Å²) in [6, 6.07) is 8.21. The maximum absolute atomic E-state index is 11.7. The maximum Gasteiger partial charge on any atom is 0.140 e. The van der Waals surface area contributed by atoms with Crippen LogP contribution in [-0.4, -0.2) is 15.9 Å². The van der Waals surface area contributed by atoms with Gasteiger partial charge in [-0.3, -0.25) is 5.10 Å². The van der Waals surface area contributed by atoms with E-state index in [1.165, 1.54) is 0 Å². The third kappa shape index (κ3) is 2.20. The van der Waals surface area contributed by atoms with Gasteiger partial charge in [0.1, 0.15) is 11.4 Å². The molecule has 0 saturated carbocycles. The molecule has 2 heterocycles. The number of aromatic nitrogens is 2. The van der Waals surface area contributed by atoms with Crippen molar-refractivity contribution in [1.82, 2.24) is 10.2 Å². The van der Waals surface area contributed by atoms with E-state index < -0.39 is 0 Å². The summed E-state index contributed by atoms with van der Waals surface area (Å²) in [6.07, 6.45) is 0. The molecule has 1 aliphatic heterocycles. The van der Waals surface area contributed by atoms with Gasteiger partial charge in [-0.15, -0.1) is 0 Å². The highest BCUT2D eigenvalue weighted by atomic mass is 16.5.